The first-order valence-corrected chi connectivity index (χ1v) is 13.6. The van der Waals surface area contributed by atoms with Gasteiger partial charge in [0.05, 0.1) is 6.04 Å². The molecule has 0 aliphatic heterocycles. The van der Waals surface area contributed by atoms with Gasteiger partial charge in [-0.1, -0.05) is 18.2 Å². The van der Waals surface area contributed by atoms with Crippen molar-refractivity contribution >= 4 is 46.5 Å². The van der Waals surface area contributed by atoms with Crippen molar-refractivity contribution in [2.45, 2.75) is 75.5 Å². The predicted molar refractivity (Wildman–Crippen MR) is 152 cm³/mol. The van der Waals surface area contributed by atoms with Crippen LogP contribution in [0.4, 0.5) is 0 Å². The summed E-state index contributed by atoms with van der Waals surface area (Å²) in [5.41, 5.74) is 17.9. The Labute approximate surface area is 241 Å². The quantitative estimate of drug-likeness (QED) is 0.0886. The Morgan fingerprint density at radius 3 is 2.05 bits per heavy atom. The van der Waals surface area contributed by atoms with E-state index in [1.165, 1.54) is 0 Å². The molecule has 12 N–H and O–H groups in total. The highest BCUT2D eigenvalue weighted by atomic mass is 16.4. The van der Waals surface area contributed by atoms with Gasteiger partial charge in [-0.15, -0.1) is 0 Å². The number of nitrogens with one attached hydrogen (secondary N) is 4. The second-order valence-electron chi connectivity index (χ2n) is 9.91. The second kappa shape index (κ2) is 16.7. The van der Waals surface area contributed by atoms with E-state index in [4.69, 9.17) is 17.2 Å². The maximum Gasteiger partial charge on any atom is 0.326 e. The number of nitrogens with two attached hydrogens (primary N) is 3. The summed E-state index contributed by atoms with van der Waals surface area (Å²) in [5, 5.41) is 27.1. The van der Waals surface area contributed by atoms with Crippen molar-refractivity contribution in [3.63, 3.8) is 0 Å². The lowest BCUT2D eigenvalue weighted by atomic mass is 10.0. The highest BCUT2D eigenvalue weighted by molar-refractivity contribution is 5.94. The lowest BCUT2D eigenvalue weighted by molar-refractivity contribution is -0.143. The number of aromatic nitrogens is 1. The number of carboxylic acid groups (broad SMARTS) is 2. The highest BCUT2D eigenvalue weighted by Crippen LogP contribution is 2.19. The first kappa shape index (κ1) is 33.7. The van der Waals surface area contributed by atoms with E-state index in [1.54, 1.807) is 18.3 Å². The molecule has 2 rings (SSSR count). The number of carbonyl (C=O) groups is 6. The van der Waals surface area contributed by atoms with E-state index < -0.39 is 66.2 Å². The number of rotatable bonds is 19. The van der Waals surface area contributed by atoms with E-state index in [9.17, 15) is 39.0 Å². The number of benzene rings is 1. The molecule has 1 heterocycles. The number of carbonyl (C=O) groups excluding carboxylic acids is 4. The van der Waals surface area contributed by atoms with Crippen LogP contribution in [0.25, 0.3) is 10.9 Å². The Hall–Kier alpha value is -4.50. The van der Waals surface area contributed by atoms with Gasteiger partial charge in [0.15, 0.2) is 0 Å². The number of primary amides is 1. The summed E-state index contributed by atoms with van der Waals surface area (Å²) in [6.45, 7) is 0.330. The molecule has 4 amide bonds. The molecule has 0 spiro atoms. The molecule has 0 bridgehead atoms. The summed E-state index contributed by atoms with van der Waals surface area (Å²) >= 11 is 0. The molecule has 4 unspecified atom stereocenters. The van der Waals surface area contributed by atoms with Gasteiger partial charge in [-0.05, 0) is 50.3 Å². The average molecular weight is 590 g/mol. The highest BCUT2D eigenvalue weighted by Gasteiger charge is 2.31. The minimum absolute atomic E-state index is 0.0467. The normalized spacial score (nSPS) is 13.9. The standard InChI is InChI=1S/C27H39N7O8/c28-12-4-3-7-19(32-24(38)17(29)8-10-22(30)35)25(39)33-20(9-11-23(36)37)26(40)34-21(27(41)42)13-15-14-31-18-6-2-1-5-16(15)18/h1-2,5-6,14,17,19-21,31H,3-4,7-13,28-29H2,(H2,30,35)(H,32,38)(H,33,39)(H,34,40)(H,36,37)(H,41,42). The van der Waals surface area contributed by atoms with Crippen LogP contribution in [-0.4, -0.2) is 81.5 Å². The first-order valence-electron chi connectivity index (χ1n) is 13.6. The molecule has 1 aromatic carbocycles. The van der Waals surface area contributed by atoms with E-state index in [0.29, 0.717) is 24.9 Å². The Morgan fingerprint density at radius 1 is 0.810 bits per heavy atom. The van der Waals surface area contributed by atoms with Gasteiger partial charge in [-0.3, -0.25) is 24.0 Å². The summed E-state index contributed by atoms with van der Waals surface area (Å²) in [4.78, 5) is 76.4. The van der Waals surface area contributed by atoms with Gasteiger partial charge < -0.3 is 48.3 Å². The molecule has 0 saturated carbocycles. The smallest absolute Gasteiger partial charge is 0.326 e. The van der Waals surface area contributed by atoms with Crippen molar-refractivity contribution in [1.82, 2.24) is 20.9 Å². The minimum Gasteiger partial charge on any atom is -0.481 e. The van der Waals surface area contributed by atoms with Gasteiger partial charge in [0.1, 0.15) is 18.1 Å². The molecule has 0 saturated heterocycles. The molecule has 4 atom stereocenters. The summed E-state index contributed by atoms with van der Waals surface area (Å²) in [7, 11) is 0. The average Bonchev–Trinajstić information content (AvgIpc) is 3.35. The van der Waals surface area contributed by atoms with E-state index in [1.807, 2.05) is 12.1 Å². The summed E-state index contributed by atoms with van der Waals surface area (Å²) < 4.78 is 0. The third-order valence-electron chi connectivity index (χ3n) is 6.61. The van der Waals surface area contributed by atoms with Gasteiger partial charge in [-0.2, -0.15) is 0 Å². The van der Waals surface area contributed by atoms with Gasteiger partial charge >= 0.3 is 11.9 Å². The van der Waals surface area contributed by atoms with Crippen LogP contribution in [0.5, 0.6) is 0 Å². The number of hydrogen-bond acceptors (Lipinski definition) is 8. The number of hydrogen-bond donors (Lipinski definition) is 9. The van der Waals surface area contributed by atoms with Gasteiger partial charge in [0, 0.05) is 36.4 Å². The Bertz CT molecular complexity index is 1260. The zero-order valence-corrected chi connectivity index (χ0v) is 23.1. The first-order chi connectivity index (χ1) is 19.9. The summed E-state index contributed by atoms with van der Waals surface area (Å²) in [5.74, 6) is -5.62. The van der Waals surface area contributed by atoms with E-state index in [2.05, 4.69) is 20.9 Å². The molecular formula is C27H39N7O8. The molecule has 15 heteroatoms. The van der Waals surface area contributed by atoms with E-state index >= 15 is 0 Å². The molecule has 2 aromatic rings. The number of amides is 4. The predicted octanol–water partition coefficient (Wildman–Crippen LogP) is -1.16. The number of para-hydroxylation sites is 1. The van der Waals surface area contributed by atoms with Crippen molar-refractivity contribution in [1.29, 1.82) is 0 Å². The van der Waals surface area contributed by atoms with Crippen molar-refractivity contribution in [3.05, 3.63) is 36.0 Å². The van der Waals surface area contributed by atoms with Crippen molar-refractivity contribution in [3.8, 4) is 0 Å². The Morgan fingerprint density at radius 2 is 1.43 bits per heavy atom. The molecule has 0 radical (unpaired) electrons. The van der Waals surface area contributed by atoms with Crippen LogP contribution >= 0.6 is 0 Å². The maximum atomic E-state index is 13.2. The van der Waals surface area contributed by atoms with Crippen molar-refractivity contribution in [2.24, 2.45) is 17.2 Å². The van der Waals surface area contributed by atoms with Crippen LogP contribution in [0.2, 0.25) is 0 Å². The Balaban J connectivity index is 2.18. The van der Waals surface area contributed by atoms with Crippen molar-refractivity contribution < 1.29 is 39.0 Å². The second-order valence-corrected chi connectivity index (χ2v) is 9.91. The molecular weight excluding hydrogens is 550 g/mol. The molecule has 0 aliphatic rings. The fourth-order valence-corrected chi connectivity index (χ4v) is 4.27. The summed E-state index contributed by atoms with van der Waals surface area (Å²) in [6.07, 6.45) is 1.63. The lowest BCUT2D eigenvalue weighted by Gasteiger charge is -2.25. The third kappa shape index (κ3) is 10.8. The van der Waals surface area contributed by atoms with Crippen LogP contribution in [0, 0.1) is 0 Å². The molecule has 15 nitrogen and oxygen atoms in total. The maximum absolute atomic E-state index is 13.2. The van der Waals surface area contributed by atoms with Crippen LogP contribution in [0.1, 0.15) is 50.5 Å². The van der Waals surface area contributed by atoms with Crippen molar-refractivity contribution in [2.75, 3.05) is 6.54 Å². The minimum atomic E-state index is -1.42. The molecule has 1 aromatic heterocycles. The van der Waals surface area contributed by atoms with Crippen LogP contribution in [0.15, 0.2) is 30.5 Å². The number of H-pyrrole nitrogens is 1. The van der Waals surface area contributed by atoms with Gasteiger partial charge in [0.25, 0.3) is 0 Å². The topological polar surface area (TPSA) is 273 Å². The van der Waals surface area contributed by atoms with Crippen LogP contribution in [-0.2, 0) is 35.2 Å². The van der Waals surface area contributed by atoms with Crippen LogP contribution < -0.4 is 33.2 Å². The zero-order chi connectivity index (χ0) is 31.2. The fraction of sp³-hybridized carbons (Fsp3) is 0.481. The molecule has 230 valence electrons. The summed E-state index contributed by atoms with van der Waals surface area (Å²) in [6, 6.07) is 2.13. The van der Waals surface area contributed by atoms with E-state index in [0.717, 1.165) is 10.9 Å². The number of carboxylic acids is 2. The third-order valence-corrected chi connectivity index (χ3v) is 6.61. The zero-order valence-electron chi connectivity index (χ0n) is 23.1. The molecule has 0 aliphatic carbocycles. The fourth-order valence-electron chi connectivity index (χ4n) is 4.27. The number of unbranched alkanes of at least 4 members (excludes halogenated alkanes) is 1. The Kier molecular flexibility index (Phi) is 13.4. The SMILES string of the molecule is NCCCCC(NC(=O)C(N)CCC(N)=O)C(=O)NC(CCC(=O)O)C(=O)NC(Cc1c[nH]c2ccccc12)C(=O)O. The number of aliphatic carboxylic acids is 2. The molecule has 0 fully saturated rings. The van der Waals surface area contributed by atoms with Gasteiger partial charge in [-0.25, -0.2) is 4.79 Å². The monoisotopic (exact) mass is 589 g/mol. The molecule has 42 heavy (non-hydrogen) atoms. The lowest BCUT2D eigenvalue weighted by Crippen LogP contribution is -2.57. The number of fused-ring (bicyclic) bond motifs is 1. The van der Waals surface area contributed by atoms with Crippen LogP contribution in [0.3, 0.4) is 0 Å². The number of aromatic amines is 1. The van der Waals surface area contributed by atoms with E-state index in [-0.39, 0.29) is 32.1 Å². The van der Waals surface area contributed by atoms with Gasteiger partial charge in [0.2, 0.25) is 23.6 Å². The largest absolute Gasteiger partial charge is 0.481 e.